The highest BCUT2D eigenvalue weighted by Crippen LogP contribution is 2.25. The molecule has 0 aliphatic heterocycles. The molecule has 0 amide bonds. The Morgan fingerprint density at radius 1 is 1.06 bits per heavy atom. The number of rotatable bonds is 2. The van der Waals surface area contributed by atoms with Crippen LogP contribution in [0.4, 0.5) is 5.82 Å². The van der Waals surface area contributed by atoms with Crippen LogP contribution in [-0.4, -0.2) is 19.1 Å². The van der Waals surface area contributed by atoms with E-state index in [9.17, 15) is 0 Å². The van der Waals surface area contributed by atoms with Crippen LogP contribution in [0.15, 0.2) is 36.5 Å². The molecule has 0 saturated heterocycles. The summed E-state index contributed by atoms with van der Waals surface area (Å²) in [5.41, 5.74) is 4.98. The minimum atomic E-state index is 0.999. The maximum Gasteiger partial charge on any atom is 0.128 e. The Balaban J connectivity index is 2.47. The first-order valence-electron chi connectivity index (χ1n) is 5.79. The van der Waals surface area contributed by atoms with E-state index in [1.54, 1.807) is 0 Å². The first kappa shape index (κ1) is 11.6. The van der Waals surface area contributed by atoms with Gasteiger partial charge < -0.3 is 4.90 Å². The minimum absolute atomic E-state index is 0.999. The van der Waals surface area contributed by atoms with Crippen LogP contribution in [0.25, 0.3) is 11.1 Å². The van der Waals surface area contributed by atoms with Crippen LogP contribution in [0.2, 0.25) is 0 Å². The zero-order chi connectivity index (χ0) is 12.4. The van der Waals surface area contributed by atoms with Gasteiger partial charge in [0, 0.05) is 25.9 Å². The summed E-state index contributed by atoms with van der Waals surface area (Å²) in [5.74, 6) is 0.999. The molecule has 0 fully saturated rings. The highest BCUT2D eigenvalue weighted by Gasteiger charge is 2.05. The standard InChI is InChI=1S/C15H18N2/c1-11-6-5-7-13(8-11)14-10-16-15(17(3)4)9-12(14)2/h5-10H,1-4H3. The highest BCUT2D eigenvalue weighted by molar-refractivity contribution is 5.68. The van der Waals surface area contributed by atoms with Gasteiger partial charge in [-0.05, 0) is 31.0 Å². The van der Waals surface area contributed by atoms with Crippen LogP contribution in [0.5, 0.6) is 0 Å². The number of benzene rings is 1. The van der Waals surface area contributed by atoms with Gasteiger partial charge in [0.25, 0.3) is 0 Å². The maximum atomic E-state index is 4.47. The minimum Gasteiger partial charge on any atom is -0.363 e. The Bertz CT molecular complexity index is 530. The number of hydrogen-bond donors (Lipinski definition) is 0. The maximum absolute atomic E-state index is 4.47. The smallest absolute Gasteiger partial charge is 0.128 e. The van der Waals surface area contributed by atoms with Crippen LogP contribution in [0, 0.1) is 13.8 Å². The van der Waals surface area contributed by atoms with Gasteiger partial charge in [0.2, 0.25) is 0 Å². The molecule has 2 heteroatoms. The largest absolute Gasteiger partial charge is 0.363 e. The lowest BCUT2D eigenvalue weighted by atomic mass is 10.0. The molecule has 0 radical (unpaired) electrons. The fraction of sp³-hybridized carbons (Fsp3) is 0.267. The third-order valence-corrected chi connectivity index (χ3v) is 2.88. The SMILES string of the molecule is Cc1cccc(-c2cnc(N(C)C)cc2C)c1. The summed E-state index contributed by atoms with van der Waals surface area (Å²) in [6, 6.07) is 10.6. The number of hydrogen-bond acceptors (Lipinski definition) is 2. The molecule has 0 N–H and O–H groups in total. The Morgan fingerprint density at radius 2 is 1.82 bits per heavy atom. The predicted molar refractivity (Wildman–Crippen MR) is 73.5 cm³/mol. The molecular weight excluding hydrogens is 208 g/mol. The molecule has 1 aromatic heterocycles. The van der Waals surface area contributed by atoms with E-state index in [-0.39, 0.29) is 0 Å². The Kier molecular flexibility index (Phi) is 3.14. The molecule has 0 spiro atoms. The highest BCUT2D eigenvalue weighted by atomic mass is 15.1. The van der Waals surface area contributed by atoms with Crippen molar-refractivity contribution in [1.82, 2.24) is 4.98 Å². The van der Waals surface area contributed by atoms with Crippen LogP contribution in [-0.2, 0) is 0 Å². The quantitative estimate of drug-likeness (QED) is 0.780. The van der Waals surface area contributed by atoms with E-state index in [1.807, 2.05) is 25.2 Å². The Labute approximate surface area is 103 Å². The summed E-state index contributed by atoms with van der Waals surface area (Å²) in [6.07, 6.45) is 1.96. The average Bonchev–Trinajstić information content (AvgIpc) is 2.28. The van der Waals surface area contributed by atoms with Crippen molar-refractivity contribution in [3.63, 3.8) is 0 Å². The van der Waals surface area contributed by atoms with Gasteiger partial charge in [-0.3, -0.25) is 0 Å². The lowest BCUT2D eigenvalue weighted by Gasteiger charge is -2.14. The second-order valence-electron chi connectivity index (χ2n) is 4.62. The first-order valence-corrected chi connectivity index (χ1v) is 5.79. The zero-order valence-electron chi connectivity index (χ0n) is 10.9. The van der Waals surface area contributed by atoms with E-state index in [1.165, 1.54) is 22.3 Å². The molecule has 0 saturated carbocycles. The number of nitrogens with zero attached hydrogens (tertiary/aromatic N) is 2. The lowest BCUT2D eigenvalue weighted by molar-refractivity contribution is 1.06. The Morgan fingerprint density at radius 3 is 2.41 bits per heavy atom. The van der Waals surface area contributed by atoms with Crippen molar-refractivity contribution in [2.75, 3.05) is 19.0 Å². The third-order valence-electron chi connectivity index (χ3n) is 2.88. The van der Waals surface area contributed by atoms with Crippen LogP contribution >= 0.6 is 0 Å². The van der Waals surface area contributed by atoms with E-state index in [4.69, 9.17) is 0 Å². The van der Waals surface area contributed by atoms with E-state index in [0.29, 0.717) is 0 Å². The molecule has 2 nitrogen and oxygen atoms in total. The van der Waals surface area contributed by atoms with Gasteiger partial charge >= 0.3 is 0 Å². The van der Waals surface area contributed by atoms with E-state index >= 15 is 0 Å². The third kappa shape index (κ3) is 2.47. The molecule has 0 aliphatic carbocycles. The summed E-state index contributed by atoms with van der Waals surface area (Å²) in [7, 11) is 4.02. The fourth-order valence-corrected chi connectivity index (χ4v) is 1.90. The number of aromatic nitrogens is 1. The van der Waals surface area contributed by atoms with Crippen LogP contribution in [0.3, 0.4) is 0 Å². The van der Waals surface area contributed by atoms with Gasteiger partial charge in [-0.15, -0.1) is 0 Å². The molecule has 0 bridgehead atoms. The molecule has 17 heavy (non-hydrogen) atoms. The van der Waals surface area contributed by atoms with Crippen molar-refractivity contribution >= 4 is 5.82 Å². The van der Waals surface area contributed by atoms with Crippen molar-refractivity contribution in [1.29, 1.82) is 0 Å². The van der Waals surface area contributed by atoms with Crippen molar-refractivity contribution in [3.05, 3.63) is 47.7 Å². The molecule has 0 unspecified atom stereocenters. The zero-order valence-corrected chi connectivity index (χ0v) is 10.9. The van der Waals surface area contributed by atoms with Gasteiger partial charge in [0.05, 0.1) is 0 Å². The monoisotopic (exact) mass is 226 g/mol. The van der Waals surface area contributed by atoms with Gasteiger partial charge in [-0.2, -0.15) is 0 Å². The number of aryl methyl sites for hydroxylation is 2. The van der Waals surface area contributed by atoms with E-state index < -0.39 is 0 Å². The second kappa shape index (κ2) is 4.58. The first-order chi connectivity index (χ1) is 8.08. The van der Waals surface area contributed by atoms with Crippen LogP contribution in [0.1, 0.15) is 11.1 Å². The lowest BCUT2D eigenvalue weighted by Crippen LogP contribution is -2.10. The van der Waals surface area contributed by atoms with Crippen molar-refractivity contribution in [2.24, 2.45) is 0 Å². The molecule has 1 heterocycles. The molecule has 2 rings (SSSR count). The van der Waals surface area contributed by atoms with Crippen LogP contribution < -0.4 is 4.90 Å². The summed E-state index contributed by atoms with van der Waals surface area (Å²) in [6.45, 7) is 4.24. The topological polar surface area (TPSA) is 16.1 Å². The van der Waals surface area contributed by atoms with Gasteiger partial charge in [-0.1, -0.05) is 29.8 Å². The number of anilines is 1. The summed E-state index contributed by atoms with van der Waals surface area (Å²) >= 11 is 0. The summed E-state index contributed by atoms with van der Waals surface area (Å²) in [5, 5.41) is 0. The molecule has 0 atom stereocenters. The molecule has 88 valence electrons. The summed E-state index contributed by atoms with van der Waals surface area (Å²) in [4.78, 5) is 6.49. The van der Waals surface area contributed by atoms with E-state index in [2.05, 4.69) is 49.2 Å². The van der Waals surface area contributed by atoms with Gasteiger partial charge in [0.1, 0.15) is 5.82 Å². The summed E-state index contributed by atoms with van der Waals surface area (Å²) < 4.78 is 0. The molecule has 0 aliphatic rings. The normalized spacial score (nSPS) is 10.4. The fourth-order valence-electron chi connectivity index (χ4n) is 1.90. The van der Waals surface area contributed by atoms with Gasteiger partial charge in [0.15, 0.2) is 0 Å². The molecule has 2 aromatic rings. The van der Waals surface area contributed by atoms with E-state index in [0.717, 1.165) is 5.82 Å². The Hall–Kier alpha value is -1.83. The second-order valence-corrected chi connectivity index (χ2v) is 4.62. The van der Waals surface area contributed by atoms with Gasteiger partial charge in [-0.25, -0.2) is 4.98 Å². The average molecular weight is 226 g/mol. The van der Waals surface area contributed by atoms with Crippen molar-refractivity contribution in [3.8, 4) is 11.1 Å². The molecule has 1 aromatic carbocycles. The van der Waals surface area contributed by atoms with Crippen molar-refractivity contribution in [2.45, 2.75) is 13.8 Å². The predicted octanol–water partition coefficient (Wildman–Crippen LogP) is 3.43. The van der Waals surface area contributed by atoms with Crippen molar-refractivity contribution < 1.29 is 0 Å². The number of pyridine rings is 1. The molecular formula is C15H18N2.